The van der Waals surface area contributed by atoms with E-state index < -0.39 is 5.41 Å². The Bertz CT molecular complexity index is 1060. The molecule has 28 heavy (non-hydrogen) atoms. The Hall–Kier alpha value is -3.45. The van der Waals surface area contributed by atoms with Crippen molar-refractivity contribution in [3.8, 4) is 23.0 Å². The van der Waals surface area contributed by atoms with E-state index in [0.717, 1.165) is 28.1 Å². The molecule has 2 aromatic carbocycles. The summed E-state index contributed by atoms with van der Waals surface area (Å²) < 4.78 is 1.78. The Kier molecular flexibility index (Phi) is 5.28. The molecule has 0 saturated heterocycles. The number of rotatable bonds is 4. The number of para-hydroxylation sites is 1. The molecule has 0 saturated carbocycles. The summed E-state index contributed by atoms with van der Waals surface area (Å²) in [7, 11) is 0. The predicted octanol–water partition coefficient (Wildman–Crippen LogP) is 5.37. The van der Waals surface area contributed by atoms with E-state index in [1.165, 1.54) is 0 Å². The second-order valence-corrected chi connectivity index (χ2v) is 7.83. The number of aromatic nitrogens is 2. The number of carbonyl (C=O) groups is 1. The van der Waals surface area contributed by atoms with E-state index in [1.807, 2.05) is 88.5 Å². The van der Waals surface area contributed by atoms with E-state index in [4.69, 9.17) is 5.10 Å². The number of hydrogen-bond acceptors (Lipinski definition) is 3. The Labute approximate surface area is 165 Å². The van der Waals surface area contributed by atoms with Crippen LogP contribution in [0.15, 0.2) is 66.4 Å². The second-order valence-electron chi connectivity index (χ2n) is 7.83. The molecule has 4 heteroatoms. The Morgan fingerprint density at radius 2 is 1.71 bits per heavy atom. The molecule has 3 rings (SSSR count). The standard InChI is InChI=1S/C24H23N3O/c1-17-10-12-18(13-11-17)22-20(14-19(15-25)23(28)24(2,3)4)16-27(26-22)21-8-6-5-7-9-21/h5-14,16H,1-4H3/b19-14+. The van der Waals surface area contributed by atoms with Crippen LogP contribution in [0.4, 0.5) is 0 Å². The summed E-state index contributed by atoms with van der Waals surface area (Å²) in [6, 6.07) is 19.9. The van der Waals surface area contributed by atoms with Gasteiger partial charge >= 0.3 is 0 Å². The highest BCUT2D eigenvalue weighted by atomic mass is 16.1. The van der Waals surface area contributed by atoms with Gasteiger partial charge in [0, 0.05) is 22.7 Å². The largest absolute Gasteiger partial charge is 0.293 e. The van der Waals surface area contributed by atoms with Gasteiger partial charge in [-0.15, -0.1) is 0 Å². The van der Waals surface area contributed by atoms with E-state index in [1.54, 1.807) is 10.8 Å². The van der Waals surface area contributed by atoms with Gasteiger partial charge in [0.2, 0.25) is 0 Å². The van der Waals surface area contributed by atoms with Gasteiger partial charge in [-0.3, -0.25) is 4.79 Å². The van der Waals surface area contributed by atoms with Crippen LogP contribution in [-0.4, -0.2) is 15.6 Å². The van der Waals surface area contributed by atoms with Crippen LogP contribution in [-0.2, 0) is 4.79 Å². The lowest BCUT2D eigenvalue weighted by Gasteiger charge is -2.15. The molecular formula is C24H23N3O. The first kappa shape index (κ1) is 19.3. The molecule has 0 N–H and O–H groups in total. The molecule has 0 amide bonds. The molecule has 0 unspecified atom stereocenters. The highest BCUT2D eigenvalue weighted by Gasteiger charge is 2.25. The van der Waals surface area contributed by atoms with E-state index in [-0.39, 0.29) is 11.4 Å². The van der Waals surface area contributed by atoms with Crippen LogP contribution in [0, 0.1) is 23.7 Å². The van der Waals surface area contributed by atoms with Crippen LogP contribution in [0.2, 0.25) is 0 Å². The molecule has 140 valence electrons. The Morgan fingerprint density at radius 3 is 2.29 bits per heavy atom. The van der Waals surface area contributed by atoms with Crippen molar-refractivity contribution in [3.05, 3.63) is 77.5 Å². The van der Waals surface area contributed by atoms with E-state index in [2.05, 4.69) is 6.07 Å². The van der Waals surface area contributed by atoms with Crippen LogP contribution in [0.5, 0.6) is 0 Å². The molecule has 0 aliphatic heterocycles. The molecule has 1 aromatic heterocycles. The maximum absolute atomic E-state index is 12.7. The minimum Gasteiger partial charge on any atom is -0.293 e. The number of aryl methyl sites for hydroxylation is 1. The maximum Gasteiger partial charge on any atom is 0.178 e. The average molecular weight is 369 g/mol. The van der Waals surface area contributed by atoms with Crippen molar-refractivity contribution in [2.45, 2.75) is 27.7 Å². The summed E-state index contributed by atoms with van der Waals surface area (Å²) in [6.07, 6.45) is 3.51. The van der Waals surface area contributed by atoms with Crippen molar-refractivity contribution in [3.63, 3.8) is 0 Å². The molecule has 0 radical (unpaired) electrons. The molecule has 3 aromatic rings. The molecular weight excluding hydrogens is 346 g/mol. The van der Waals surface area contributed by atoms with Crippen molar-refractivity contribution in [2.24, 2.45) is 5.41 Å². The Morgan fingerprint density at radius 1 is 1.07 bits per heavy atom. The zero-order valence-corrected chi connectivity index (χ0v) is 16.6. The first-order valence-electron chi connectivity index (χ1n) is 9.18. The number of Topliss-reactive ketones (excluding diaryl/α,β-unsaturated/α-hetero) is 1. The number of carbonyl (C=O) groups excluding carboxylic acids is 1. The van der Waals surface area contributed by atoms with Gasteiger partial charge in [-0.05, 0) is 25.1 Å². The minimum absolute atomic E-state index is 0.133. The normalized spacial score (nSPS) is 11.9. The highest BCUT2D eigenvalue weighted by Crippen LogP contribution is 2.28. The first-order chi connectivity index (χ1) is 13.3. The third-order valence-corrected chi connectivity index (χ3v) is 4.43. The Balaban J connectivity index is 2.17. The van der Waals surface area contributed by atoms with Crippen molar-refractivity contribution in [1.82, 2.24) is 9.78 Å². The molecule has 0 atom stereocenters. The van der Waals surface area contributed by atoms with Gasteiger partial charge in [0.25, 0.3) is 0 Å². The van der Waals surface area contributed by atoms with Gasteiger partial charge in [0.15, 0.2) is 5.78 Å². The average Bonchev–Trinajstić information content (AvgIpc) is 3.10. The van der Waals surface area contributed by atoms with Gasteiger partial charge < -0.3 is 0 Å². The van der Waals surface area contributed by atoms with Gasteiger partial charge in [-0.25, -0.2) is 4.68 Å². The maximum atomic E-state index is 12.7. The quantitative estimate of drug-likeness (QED) is 0.459. The monoisotopic (exact) mass is 369 g/mol. The number of benzene rings is 2. The number of hydrogen-bond donors (Lipinski definition) is 0. The van der Waals surface area contributed by atoms with E-state index in [0.29, 0.717) is 0 Å². The summed E-state index contributed by atoms with van der Waals surface area (Å²) in [6.45, 7) is 7.47. The first-order valence-corrected chi connectivity index (χ1v) is 9.18. The van der Waals surface area contributed by atoms with Crippen LogP contribution in [0.1, 0.15) is 31.9 Å². The lowest BCUT2D eigenvalue weighted by molar-refractivity contribution is -0.121. The molecule has 0 aliphatic carbocycles. The zero-order valence-electron chi connectivity index (χ0n) is 16.6. The summed E-state index contributed by atoms with van der Waals surface area (Å²) in [4.78, 5) is 12.7. The molecule has 1 heterocycles. The smallest absolute Gasteiger partial charge is 0.178 e. The van der Waals surface area contributed by atoms with Crippen LogP contribution >= 0.6 is 0 Å². The number of allylic oxidation sites excluding steroid dienone is 1. The van der Waals surface area contributed by atoms with Crippen LogP contribution < -0.4 is 0 Å². The van der Waals surface area contributed by atoms with Crippen LogP contribution in [0.25, 0.3) is 23.0 Å². The van der Waals surface area contributed by atoms with Crippen molar-refractivity contribution < 1.29 is 4.79 Å². The summed E-state index contributed by atoms with van der Waals surface area (Å²) in [5.41, 5.74) is 3.99. The predicted molar refractivity (Wildman–Crippen MR) is 112 cm³/mol. The van der Waals surface area contributed by atoms with Crippen molar-refractivity contribution in [1.29, 1.82) is 5.26 Å². The van der Waals surface area contributed by atoms with Gasteiger partial charge in [0.1, 0.15) is 6.07 Å². The van der Waals surface area contributed by atoms with E-state index >= 15 is 0 Å². The summed E-state index contributed by atoms with van der Waals surface area (Å²) >= 11 is 0. The number of nitriles is 1. The molecule has 0 bridgehead atoms. The third-order valence-electron chi connectivity index (χ3n) is 4.43. The van der Waals surface area contributed by atoms with Crippen molar-refractivity contribution in [2.75, 3.05) is 0 Å². The fourth-order valence-electron chi connectivity index (χ4n) is 2.85. The molecule has 4 nitrogen and oxygen atoms in total. The summed E-state index contributed by atoms with van der Waals surface area (Å²) in [5, 5.41) is 14.3. The minimum atomic E-state index is -0.624. The lowest BCUT2D eigenvalue weighted by Crippen LogP contribution is -2.21. The molecule has 0 fully saturated rings. The van der Waals surface area contributed by atoms with Gasteiger partial charge in [-0.2, -0.15) is 10.4 Å². The van der Waals surface area contributed by atoms with Gasteiger partial charge in [0.05, 0.1) is 17.0 Å². The van der Waals surface area contributed by atoms with Crippen LogP contribution in [0.3, 0.4) is 0 Å². The highest BCUT2D eigenvalue weighted by molar-refractivity contribution is 6.06. The second kappa shape index (κ2) is 7.66. The fourth-order valence-corrected chi connectivity index (χ4v) is 2.85. The lowest BCUT2D eigenvalue weighted by atomic mass is 9.86. The SMILES string of the molecule is Cc1ccc(-c2nn(-c3ccccc3)cc2/C=C(\C#N)C(=O)C(C)(C)C)cc1. The fraction of sp³-hybridized carbons (Fsp3) is 0.208. The topological polar surface area (TPSA) is 58.7 Å². The number of ketones is 1. The third kappa shape index (κ3) is 4.10. The summed E-state index contributed by atoms with van der Waals surface area (Å²) in [5.74, 6) is -0.183. The van der Waals surface area contributed by atoms with E-state index in [9.17, 15) is 10.1 Å². The zero-order chi connectivity index (χ0) is 20.3. The number of nitrogens with zero attached hydrogens (tertiary/aromatic N) is 3. The van der Waals surface area contributed by atoms with Gasteiger partial charge in [-0.1, -0.05) is 68.8 Å². The van der Waals surface area contributed by atoms with Crippen molar-refractivity contribution >= 4 is 11.9 Å². The molecule has 0 spiro atoms. The molecule has 0 aliphatic rings.